The molecule has 0 unspecified atom stereocenters. The maximum atomic E-state index is 13.0. The fourth-order valence-electron chi connectivity index (χ4n) is 1.39. The predicted molar refractivity (Wildman–Crippen MR) is 51.3 cm³/mol. The van der Waals surface area contributed by atoms with Crippen LogP contribution in [0.3, 0.4) is 0 Å². The number of hydrogen-bond donors (Lipinski definition) is 1. The Morgan fingerprint density at radius 2 is 2.15 bits per heavy atom. The third kappa shape index (κ3) is 2.01. The zero-order valence-corrected chi connectivity index (χ0v) is 7.94. The second-order valence-corrected chi connectivity index (χ2v) is 4.19. The van der Waals surface area contributed by atoms with E-state index in [4.69, 9.17) is 17.3 Å². The van der Waals surface area contributed by atoms with Crippen molar-refractivity contribution in [2.75, 3.05) is 0 Å². The van der Waals surface area contributed by atoms with Crippen LogP contribution in [0.15, 0.2) is 18.2 Å². The SMILES string of the molecule is NC1(Cc2ccc(Cl)c(F)c2)CC1. The highest BCUT2D eigenvalue weighted by Gasteiger charge is 2.37. The van der Waals surface area contributed by atoms with Crippen molar-refractivity contribution in [2.24, 2.45) is 5.73 Å². The van der Waals surface area contributed by atoms with Crippen molar-refractivity contribution in [3.8, 4) is 0 Å². The van der Waals surface area contributed by atoms with E-state index in [9.17, 15) is 4.39 Å². The van der Waals surface area contributed by atoms with Crippen molar-refractivity contribution in [1.29, 1.82) is 0 Å². The van der Waals surface area contributed by atoms with Crippen molar-refractivity contribution in [3.63, 3.8) is 0 Å². The smallest absolute Gasteiger partial charge is 0.142 e. The van der Waals surface area contributed by atoms with Crippen LogP contribution in [0.1, 0.15) is 18.4 Å². The number of nitrogens with two attached hydrogens (primary N) is 1. The van der Waals surface area contributed by atoms with Crippen molar-refractivity contribution in [2.45, 2.75) is 24.8 Å². The summed E-state index contributed by atoms with van der Waals surface area (Å²) in [6.07, 6.45) is 2.83. The predicted octanol–water partition coefficient (Wildman–Crippen LogP) is 2.51. The molecular weight excluding hydrogens is 189 g/mol. The molecule has 1 aliphatic carbocycles. The molecule has 1 aromatic rings. The molecule has 0 spiro atoms. The van der Waals surface area contributed by atoms with E-state index in [1.54, 1.807) is 6.07 Å². The van der Waals surface area contributed by atoms with Gasteiger partial charge in [-0.2, -0.15) is 0 Å². The standard InChI is InChI=1S/C10H11ClFN/c11-8-2-1-7(5-9(8)12)6-10(13)3-4-10/h1-2,5H,3-4,6,13H2. The normalized spacial score (nSPS) is 18.7. The Hall–Kier alpha value is -0.600. The minimum Gasteiger partial charge on any atom is -0.325 e. The first-order valence-electron chi connectivity index (χ1n) is 4.32. The molecule has 0 saturated heterocycles. The van der Waals surface area contributed by atoms with E-state index in [0.717, 1.165) is 24.8 Å². The summed E-state index contributed by atoms with van der Waals surface area (Å²) in [5, 5.41) is 0.172. The van der Waals surface area contributed by atoms with E-state index >= 15 is 0 Å². The summed E-state index contributed by atoms with van der Waals surface area (Å²) in [7, 11) is 0. The van der Waals surface area contributed by atoms with E-state index in [1.807, 2.05) is 6.07 Å². The summed E-state index contributed by atoms with van der Waals surface area (Å²) >= 11 is 5.56. The highest BCUT2D eigenvalue weighted by Crippen LogP contribution is 2.35. The highest BCUT2D eigenvalue weighted by molar-refractivity contribution is 6.30. The van der Waals surface area contributed by atoms with Gasteiger partial charge >= 0.3 is 0 Å². The van der Waals surface area contributed by atoms with Crippen molar-refractivity contribution >= 4 is 11.6 Å². The molecule has 0 aliphatic heterocycles. The van der Waals surface area contributed by atoms with Crippen LogP contribution in [-0.2, 0) is 6.42 Å². The molecule has 1 nitrogen and oxygen atoms in total. The van der Waals surface area contributed by atoms with Gasteiger partial charge in [0, 0.05) is 5.54 Å². The molecule has 1 aliphatic rings. The molecule has 0 radical (unpaired) electrons. The molecule has 1 fully saturated rings. The fourth-order valence-corrected chi connectivity index (χ4v) is 1.51. The molecule has 13 heavy (non-hydrogen) atoms. The Balaban J connectivity index is 2.17. The summed E-state index contributed by atoms with van der Waals surface area (Å²) in [4.78, 5) is 0. The molecule has 0 bridgehead atoms. The van der Waals surface area contributed by atoms with Crippen LogP contribution in [0.4, 0.5) is 4.39 Å². The Labute approximate surface area is 81.7 Å². The zero-order chi connectivity index (χ0) is 9.47. The van der Waals surface area contributed by atoms with Crippen molar-refractivity contribution in [1.82, 2.24) is 0 Å². The van der Waals surface area contributed by atoms with Crippen LogP contribution in [0, 0.1) is 5.82 Å². The molecule has 1 saturated carbocycles. The largest absolute Gasteiger partial charge is 0.325 e. The molecule has 1 aromatic carbocycles. The maximum absolute atomic E-state index is 13.0. The Bertz CT molecular complexity index is 334. The molecule has 2 N–H and O–H groups in total. The van der Waals surface area contributed by atoms with Gasteiger partial charge in [-0.25, -0.2) is 4.39 Å². The number of rotatable bonds is 2. The Morgan fingerprint density at radius 3 is 2.69 bits per heavy atom. The van der Waals surface area contributed by atoms with E-state index in [-0.39, 0.29) is 16.4 Å². The van der Waals surface area contributed by atoms with Crippen LogP contribution in [0.5, 0.6) is 0 Å². The van der Waals surface area contributed by atoms with Gasteiger partial charge in [0.2, 0.25) is 0 Å². The second kappa shape index (κ2) is 2.96. The molecule has 0 amide bonds. The van der Waals surface area contributed by atoms with Gasteiger partial charge in [0.25, 0.3) is 0 Å². The third-order valence-corrected chi connectivity index (χ3v) is 2.74. The van der Waals surface area contributed by atoms with E-state index in [0.29, 0.717) is 0 Å². The van der Waals surface area contributed by atoms with Crippen LogP contribution in [-0.4, -0.2) is 5.54 Å². The number of hydrogen-bond acceptors (Lipinski definition) is 1. The van der Waals surface area contributed by atoms with Gasteiger partial charge in [0.15, 0.2) is 0 Å². The lowest BCUT2D eigenvalue weighted by Crippen LogP contribution is -2.24. The topological polar surface area (TPSA) is 26.0 Å². The van der Waals surface area contributed by atoms with Gasteiger partial charge in [0.1, 0.15) is 5.82 Å². The van der Waals surface area contributed by atoms with Gasteiger partial charge in [-0.3, -0.25) is 0 Å². The molecule has 2 rings (SSSR count). The first-order valence-corrected chi connectivity index (χ1v) is 4.70. The summed E-state index contributed by atoms with van der Waals surface area (Å²) in [5.74, 6) is -0.358. The monoisotopic (exact) mass is 199 g/mol. The highest BCUT2D eigenvalue weighted by atomic mass is 35.5. The quantitative estimate of drug-likeness (QED) is 0.778. The second-order valence-electron chi connectivity index (χ2n) is 3.79. The first-order chi connectivity index (χ1) is 6.09. The van der Waals surface area contributed by atoms with Crippen molar-refractivity contribution in [3.05, 3.63) is 34.6 Å². The number of benzene rings is 1. The average Bonchev–Trinajstić information content (AvgIpc) is 2.76. The molecule has 3 heteroatoms. The molecule has 0 aromatic heterocycles. The third-order valence-electron chi connectivity index (χ3n) is 2.43. The average molecular weight is 200 g/mol. The van der Waals surface area contributed by atoms with E-state index < -0.39 is 0 Å². The minimum atomic E-state index is -0.358. The minimum absolute atomic E-state index is 0.0692. The fraction of sp³-hybridized carbons (Fsp3) is 0.400. The molecule has 70 valence electrons. The summed E-state index contributed by atoms with van der Waals surface area (Å²) < 4.78 is 13.0. The molecule has 0 atom stereocenters. The lowest BCUT2D eigenvalue weighted by Gasteiger charge is -2.08. The van der Waals surface area contributed by atoms with Gasteiger partial charge < -0.3 is 5.73 Å². The van der Waals surface area contributed by atoms with E-state index in [2.05, 4.69) is 0 Å². The first kappa shape index (κ1) is 8.97. The Kier molecular flexibility index (Phi) is 2.05. The van der Waals surface area contributed by atoms with E-state index in [1.165, 1.54) is 6.07 Å². The van der Waals surface area contributed by atoms with Crippen LogP contribution in [0.25, 0.3) is 0 Å². The Morgan fingerprint density at radius 1 is 1.46 bits per heavy atom. The lowest BCUT2D eigenvalue weighted by atomic mass is 10.1. The van der Waals surface area contributed by atoms with Gasteiger partial charge in [0.05, 0.1) is 5.02 Å². The summed E-state index contributed by atoms with van der Waals surface area (Å²) in [6, 6.07) is 4.88. The lowest BCUT2D eigenvalue weighted by molar-refractivity contribution is 0.618. The van der Waals surface area contributed by atoms with Gasteiger partial charge in [-0.15, -0.1) is 0 Å². The zero-order valence-electron chi connectivity index (χ0n) is 7.19. The maximum Gasteiger partial charge on any atom is 0.142 e. The van der Waals surface area contributed by atoms with Crippen LogP contribution < -0.4 is 5.73 Å². The molecular formula is C10H11ClFN. The van der Waals surface area contributed by atoms with Gasteiger partial charge in [-0.05, 0) is 37.0 Å². The molecule has 0 heterocycles. The summed E-state index contributed by atoms with van der Waals surface area (Å²) in [6.45, 7) is 0. The van der Waals surface area contributed by atoms with Crippen molar-refractivity contribution < 1.29 is 4.39 Å². The van der Waals surface area contributed by atoms with Gasteiger partial charge in [-0.1, -0.05) is 17.7 Å². The van der Waals surface area contributed by atoms with Crippen LogP contribution >= 0.6 is 11.6 Å². The number of halogens is 2. The van der Waals surface area contributed by atoms with Crippen LogP contribution in [0.2, 0.25) is 5.02 Å². The summed E-state index contributed by atoms with van der Waals surface area (Å²) in [5.41, 5.74) is 6.77.